The molecule has 5 rings (SSSR count). The number of ether oxygens (including phenoxy) is 4. The standard InChI is InChI=1S/C24H22N4O4.Co/c1-29-21-13-5-7-15(25-13)22(30-2)17-9-11-19(27-17)24(32-4)20-12-10-18(28-20)23(31-3)16-8-6-14(21)26-16;/h5-12,25-26H,1-4H3;. The van der Waals surface area contributed by atoms with E-state index >= 15 is 0 Å². The van der Waals surface area contributed by atoms with Crippen LogP contribution >= 0.6 is 0 Å². The molecule has 9 heteroatoms. The Morgan fingerprint density at radius 1 is 0.485 bits per heavy atom. The van der Waals surface area contributed by atoms with Crippen molar-refractivity contribution in [3.05, 3.63) is 47.0 Å². The second-order valence-electron chi connectivity index (χ2n) is 7.14. The van der Waals surface area contributed by atoms with Gasteiger partial charge in [0.1, 0.15) is 22.8 Å². The summed E-state index contributed by atoms with van der Waals surface area (Å²) in [5.41, 5.74) is 5.80. The first-order valence-corrected chi connectivity index (χ1v) is 9.99. The number of hydrogen-bond donors (Lipinski definition) is 2. The largest absolute Gasteiger partial charge is 0.492 e. The molecule has 0 saturated carbocycles. The van der Waals surface area contributed by atoms with Crippen LogP contribution in [0.4, 0.5) is 0 Å². The van der Waals surface area contributed by atoms with Gasteiger partial charge in [0.05, 0.1) is 50.5 Å². The van der Waals surface area contributed by atoms with Crippen LogP contribution in [-0.2, 0) is 16.8 Å². The zero-order valence-electron chi connectivity index (χ0n) is 18.5. The van der Waals surface area contributed by atoms with Gasteiger partial charge in [-0.15, -0.1) is 0 Å². The van der Waals surface area contributed by atoms with E-state index in [4.69, 9.17) is 28.9 Å². The van der Waals surface area contributed by atoms with Gasteiger partial charge in [-0.3, -0.25) is 0 Å². The van der Waals surface area contributed by atoms with E-state index in [1.165, 1.54) is 0 Å². The maximum absolute atomic E-state index is 5.72. The maximum Gasteiger partial charge on any atom is 0.170 e. The molecule has 0 aromatic carbocycles. The second-order valence-corrected chi connectivity index (χ2v) is 7.14. The average Bonchev–Trinajstić information content (AvgIpc) is 3.59. The Hall–Kier alpha value is -3.69. The molecule has 2 N–H and O–H groups in total. The predicted molar refractivity (Wildman–Crippen MR) is 125 cm³/mol. The van der Waals surface area contributed by atoms with Crippen molar-refractivity contribution in [2.45, 2.75) is 0 Å². The van der Waals surface area contributed by atoms with Crippen LogP contribution < -0.4 is 18.9 Å². The van der Waals surface area contributed by atoms with Crippen molar-refractivity contribution in [2.75, 3.05) is 28.4 Å². The number of aromatic amines is 2. The summed E-state index contributed by atoms with van der Waals surface area (Å²) in [6.07, 6.45) is 7.54. The Morgan fingerprint density at radius 2 is 0.788 bits per heavy atom. The molecule has 0 atom stereocenters. The molecule has 2 aliphatic rings. The Labute approximate surface area is 200 Å². The summed E-state index contributed by atoms with van der Waals surface area (Å²) in [6.45, 7) is 0. The fourth-order valence-electron chi connectivity index (χ4n) is 3.96. The molecule has 3 aromatic heterocycles. The first-order chi connectivity index (χ1) is 15.7. The first kappa shape index (κ1) is 22.5. The molecule has 1 radical (unpaired) electrons. The molecule has 8 bridgehead atoms. The SMILES string of the molecule is COc1c2nc(c(OC)c3ccc([nH]3)c(OC)c3ccc([nH]3)c(OC)c3nc1C=C3)C=C2.[Co]. The van der Waals surface area contributed by atoms with Gasteiger partial charge < -0.3 is 28.9 Å². The molecular weight excluding hydrogens is 467 g/mol. The molecule has 33 heavy (non-hydrogen) atoms. The molecule has 0 aliphatic carbocycles. The van der Waals surface area contributed by atoms with Gasteiger partial charge in [0, 0.05) is 16.8 Å². The van der Waals surface area contributed by atoms with E-state index in [1.54, 1.807) is 28.4 Å². The zero-order chi connectivity index (χ0) is 22.2. The van der Waals surface area contributed by atoms with Crippen LogP contribution in [0.15, 0.2) is 24.3 Å². The van der Waals surface area contributed by atoms with E-state index in [0.717, 1.165) is 22.1 Å². The normalized spacial score (nSPS) is 11.8. The van der Waals surface area contributed by atoms with Crippen molar-refractivity contribution in [2.24, 2.45) is 0 Å². The van der Waals surface area contributed by atoms with Gasteiger partial charge in [0.25, 0.3) is 0 Å². The number of H-pyrrole nitrogens is 2. The van der Waals surface area contributed by atoms with Crippen LogP contribution in [0.25, 0.3) is 46.4 Å². The maximum atomic E-state index is 5.72. The number of hydrogen-bond acceptors (Lipinski definition) is 6. The van der Waals surface area contributed by atoms with Crippen molar-refractivity contribution >= 4 is 46.4 Å². The second kappa shape index (κ2) is 9.04. The van der Waals surface area contributed by atoms with Crippen LogP contribution in [0.1, 0.15) is 22.8 Å². The number of fused-ring (bicyclic) bond motifs is 8. The summed E-state index contributed by atoms with van der Waals surface area (Å²) >= 11 is 0. The molecule has 171 valence electrons. The molecule has 2 aliphatic heterocycles. The first-order valence-electron chi connectivity index (χ1n) is 9.99. The smallest absolute Gasteiger partial charge is 0.170 e. The van der Waals surface area contributed by atoms with Gasteiger partial charge in [-0.05, 0) is 48.6 Å². The number of methoxy groups -OCH3 is 4. The number of nitrogens with zero attached hydrogens (tertiary/aromatic N) is 2. The van der Waals surface area contributed by atoms with E-state index in [1.807, 2.05) is 48.6 Å². The molecule has 8 nitrogen and oxygen atoms in total. The van der Waals surface area contributed by atoms with Gasteiger partial charge in [0.2, 0.25) is 0 Å². The molecule has 0 saturated heterocycles. The summed E-state index contributed by atoms with van der Waals surface area (Å²) in [4.78, 5) is 16.2. The van der Waals surface area contributed by atoms with Gasteiger partial charge in [-0.1, -0.05) is 0 Å². The van der Waals surface area contributed by atoms with Crippen molar-refractivity contribution in [1.29, 1.82) is 0 Å². The third-order valence-corrected chi connectivity index (χ3v) is 5.38. The molecule has 0 amide bonds. The average molecular weight is 489 g/mol. The third kappa shape index (κ3) is 3.75. The topological polar surface area (TPSA) is 94.3 Å². The quantitative estimate of drug-likeness (QED) is 0.381. The number of aromatic nitrogens is 4. The monoisotopic (exact) mass is 489 g/mol. The van der Waals surface area contributed by atoms with E-state index in [-0.39, 0.29) is 16.8 Å². The predicted octanol–water partition coefficient (Wildman–Crippen LogP) is 4.69. The number of rotatable bonds is 4. The molecule has 0 fully saturated rings. The van der Waals surface area contributed by atoms with Crippen molar-refractivity contribution in [1.82, 2.24) is 19.9 Å². The summed E-state index contributed by atoms with van der Waals surface area (Å²) in [6, 6.07) is 7.74. The minimum atomic E-state index is 0. The minimum Gasteiger partial charge on any atom is -0.492 e. The van der Waals surface area contributed by atoms with E-state index in [9.17, 15) is 0 Å². The molecule has 0 spiro atoms. The third-order valence-electron chi connectivity index (χ3n) is 5.38. The number of nitrogens with one attached hydrogen (secondary N) is 2. The Morgan fingerprint density at radius 3 is 1.12 bits per heavy atom. The van der Waals surface area contributed by atoms with Crippen LogP contribution in [0.5, 0.6) is 23.0 Å². The van der Waals surface area contributed by atoms with Crippen LogP contribution in [0, 0.1) is 0 Å². The van der Waals surface area contributed by atoms with E-state index in [2.05, 4.69) is 9.97 Å². The molecule has 0 unspecified atom stereocenters. The molecule has 3 aromatic rings. The fourth-order valence-corrected chi connectivity index (χ4v) is 3.96. The van der Waals surface area contributed by atoms with Crippen LogP contribution in [0.2, 0.25) is 0 Å². The van der Waals surface area contributed by atoms with Gasteiger partial charge in [-0.25, -0.2) is 9.97 Å². The summed E-state index contributed by atoms with van der Waals surface area (Å²) in [7, 11) is 6.48. The van der Waals surface area contributed by atoms with Crippen molar-refractivity contribution in [3.63, 3.8) is 0 Å². The molecular formula is C24H22CoN4O4. The fraction of sp³-hybridized carbons (Fsp3) is 0.167. The molecule has 5 heterocycles. The van der Waals surface area contributed by atoms with Crippen LogP contribution in [-0.4, -0.2) is 48.4 Å². The van der Waals surface area contributed by atoms with Gasteiger partial charge >= 0.3 is 0 Å². The Kier molecular flexibility index (Phi) is 6.17. The summed E-state index contributed by atoms with van der Waals surface area (Å²) < 4.78 is 22.8. The summed E-state index contributed by atoms with van der Waals surface area (Å²) in [5.74, 6) is 2.44. The minimum absolute atomic E-state index is 0. The van der Waals surface area contributed by atoms with Crippen molar-refractivity contribution < 1.29 is 35.7 Å². The van der Waals surface area contributed by atoms with E-state index < -0.39 is 0 Å². The zero-order valence-corrected chi connectivity index (χ0v) is 19.5. The van der Waals surface area contributed by atoms with Gasteiger partial charge in [-0.2, -0.15) is 0 Å². The Balaban J connectivity index is 0.00000259. The van der Waals surface area contributed by atoms with Crippen LogP contribution in [0.3, 0.4) is 0 Å². The Bertz CT molecular complexity index is 1330. The summed E-state index contributed by atoms with van der Waals surface area (Å²) in [5, 5.41) is 0. The van der Waals surface area contributed by atoms with Crippen molar-refractivity contribution in [3.8, 4) is 23.0 Å². The van der Waals surface area contributed by atoms with E-state index in [0.29, 0.717) is 45.8 Å². The van der Waals surface area contributed by atoms with Gasteiger partial charge in [0.15, 0.2) is 23.0 Å².